The molecule has 0 radical (unpaired) electrons. The molecule has 1 aliphatic rings. The number of nitrogens with zero attached hydrogens (tertiary/aromatic N) is 3. The molecule has 0 aliphatic carbocycles. The number of fused-ring (bicyclic) bond motifs is 1. The fraction of sp³-hybridized carbons (Fsp3) is 0.368. The van der Waals surface area contributed by atoms with Crippen LogP contribution in [0.2, 0.25) is 0 Å². The highest BCUT2D eigenvalue weighted by Crippen LogP contribution is 2.41. The first-order valence-electron chi connectivity index (χ1n) is 8.87. The Morgan fingerprint density at radius 1 is 1.19 bits per heavy atom. The number of alkyl halides is 1. The van der Waals surface area contributed by atoms with Crippen LogP contribution in [0.15, 0.2) is 30.6 Å². The fourth-order valence-corrected chi connectivity index (χ4v) is 3.54. The van der Waals surface area contributed by atoms with Crippen LogP contribution in [0.3, 0.4) is 0 Å². The Morgan fingerprint density at radius 3 is 2.56 bits per heavy atom. The van der Waals surface area contributed by atoms with Crippen molar-refractivity contribution in [2.45, 2.75) is 25.4 Å². The van der Waals surface area contributed by atoms with Gasteiger partial charge in [0, 0.05) is 35.5 Å². The Labute approximate surface area is 154 Å². The lowest BCUT2D eigenvalue weighted by Crippen LogP contribution is -2.37. The van der Waals surface area contributed by atoms with Crippen LogP contribution in [0.5, 0.6) is 5.75 Å². The van der Waals surface area contributed by atoms with E-state index in [4.69, 9.17) is 4.74 Å². The number of rotatable bonds is 4. The van der Waals surface area contributed by atoms with Gasteiger partial charge in [0.05, 0.1) is 18.5 Å². The van der Waals surface area contributed by atoms with Gasteiger partial charge in [-0.1, -0.05) is 0 Å². The lowest BCUT2D eigenvalue weighted by atomic mass is 9.87. The Kier molecular flexibility index (Phi) is 4.51. The molecule has 142 valence electrons. The summed E-state index contributed by atoms with van der Waals surface area (Å²) in [7, 11) is 0. The van der Waals surface area contributed by atoms with Crippen molar-refractivity contribution in [3.8, 4) is 17.0 Å². The average molecular weight is 376 g/mol. The molecule has 4 heterocycles. The lowest BCUT2D eigenvalue weighted by molar-refractivity contribution is 0.110. The molecule has 0 saturated carbocycles. The molecule has 3 aromatic heterocycles. The molecule has 0 amide bonds. The Morgan fingerprint density at radius 2 is 1.89 bits per heavy atom. The van der Waals surface area contributed by atoms with E-state index in [-0.39, 0.29) is 5.56 Å². The smallest absolute Gasteiger partial charge is 0.216 e. The van der Waals surface area contributed by atoms with Crippen LogP contribution in [-0.4, -0.2) is 34.1 Å². The second-order valence-corrected chi connectivity index (χ2v) is 6.57. The van der Waals surface area contributed by atoms with Crippen molar-refractivity contribution in [2.75, 3.05) is 19.7 Å². The summed E-state index contributed by atoms with van der Waals surface area (Å²) in [5.41, 5.74) is 0.119. The van der Waals surface area contributed by atoms with Gasteiger partial charge in [-0.2, -0.15) is 13.8 Å². The first-order valence-corrected chi connectivity index (χ1v) is 8.87. The van der Waals surface area contributed by atoms with Gasteiger partial charge in [0.1, 0.15) is 17.1 Å². The number of pyridine rings is 2. The molecular formula is C19H19F3N4O. The third-order valence-electron chi connectivity index (χ3n) is 4.85. The maximum Gasteiger partial charge on any atom is 0.216 e. The highest BCUT2D eigenvalue weighted by Gasteiger charge is 2.37. The van der Waals surface area contributed by atoms with Crippen molar-refractivity contribution >= 4 is 5.65 Å². The van der Waals surface area contributed by atoms with E-state index in [1.54, 1.807) is 16.7 Å². The third-order valence-corrected chi connectivity index (χ3v) is 4.85. The van der Waals surface area contributed by atoms with E-state index in [2.05, 4.69) is 15.3 Å². The molecule has 5 nitrogen and oxygen atoms in total. The average Bonchev–Trinajstić information content (AvgIpc) is 3.04. The van der Waals surface area contributed by atoms with Gasteiger partial charge < -0.3 is 10.1 Å². The highest BCUT2D eigenvalue weighted by molar-refractivity contribution is 5.65. The quantitative estimate of drug-likeness (QED) is 0.707. The fourth-order valence-electron chi connectivity index (χ4n) is 3.54. The van der Waals surface area contributed by atoms with Gasteiger partial charge in [-0.25, -0.2) is 9.37 Å². The normalized spacial score (nSPS) is 16.6. The Hall–Kier alpha value is -2.61. The Bertz CT molecular complexity index is 962. The minimum atomic E-state index is -1.54. The predicted octanol–water partition coefficient (Wildman–Crippen LogP) is 3.62. The van der Waals surface area contributed by atoms with Gasteiger partial charge in [0.2, 0.25) is 11.9 Å². The van der Waals surface area contributed by atoms with Gasteiger partial charge in [-0.3, -0.25) is 4.40 Å². The van der Waals surface area contributed by atoms with Gasteiger partial charge in [-0.15, -0.1) is 0 Å². The van der Waals surface area contributed by atoms with E-state index in [1.807, 2.05) is 6.92 Å². The highest BCUT2D eigenvalue weighted by atomic mass is 19.1. The van der Waals surface area contributed by atoms with E-state index < -0.39 is 17.6 Å². The summed E-state index contributed by atoms with van der Waals surface area (Å²) in [5, 5.41) is 3.15. The summed E-state index contributed by atoms with van der Waals surface area (Å²) in [6.45, 7) is 3.36. The number of hydrogen-bond acceptors (Lipinski definition) is 4. The summed E-state index contributed by atoms with van der Waals surface area (Å²) < 4.78 is 50.1. The molecule has 0 bridgehead atoms. The summed E-state index contributed by atoms with van der Waals surface area (Å²) in [6.07, 6.45) is 3.77. The van der Waals surface area contributed by atoms with E-state index in [1.165, 1.54) is 6.20 Å². The van der Waals surface area contributed by atoms with E-state index in [9.17, 15) is 8.78 Å². The van der Waals surface area contributed by atoms with Crippen molar-refractivity contribution in [1.82, 2.24) is 19.7 Å². The van der Waals surface area contributed by atoms with Crippen LogP contribution in [-0.2, 0) is 5.67 Å². The first-order chi connectivity index (χ1) is 13.0. The molecule has 0 aromatic carbocycles. The number of aromatic nitrogens is 3. The van der Waals surface area contributed by atoms with Crippen LogP contribution >= 0.6 is 0 Å². The zero-order valence-electron chi connectivity index (χ0n) is 14.8. The molecule has 0 atom stereocenters. The van der Waals surface area contributed by atoms with Gasteiger partial charge >= 0.3 is 0 Å². The molecule has 1 fully saturated rings. The predicted molar refractivity (Wildman–Crippen MR) is 94.4 cm³/mol. The lowest BCUT2D eigenvalue weighted by Gasteiger charge is -2.31. The molecule has 27 heavy (non-hydrogen) atoms. The number of hydrogen-bond donors (Lipinski definition) is 1. The van der Waals surface area contributed by atoms with E-state index in [0.29, 0.717) is 55.2 Å². The minimum absolute atomic E-state index is 0.279. The van der Waals surface area contributed by atoms with Crippen molar-refractivity contribution in [3.05, 3.63) is 48.1 Å². The van der Waals surface area contributed by atoms with Crippen LogP contribution in [0.4, 0.5) is 13.2 Å². The minimum Gasteiger partial charge on any atom is -0.493 e. The maximum absolute atomic E-state index is 15.7. The molecule has 0 spiro atoms. The van der Waals surface area contributed by atoms with Crippen molar-refractivity contribution in [1.29, 1.82) is 0 Å². The van der Waals surface area contributed by atoms with Crippen LogP contribution in [0.1, 0.15) is 25.3 Å². The van der Waals surface area contributed by atoms with Crippen molar-refractivity contribution < 1.29 is 17.9 Å². The number of halogens is 3. The summed E-state index contributed by atoms with van der Waals surface area (Å²) in [6, 6.07) is 3.91. The number of imidazole rings is 1. The topological polar surface area (TPSA) is 51.5 Å². The van der Waals surface area contributed by atoms with Crippen LogP contribution in [0, 0.1) is 11.9 Å². The molecule has 1 aliphatic heterocycles. The largest absolute Gasteiger partial charge is 0.493 e. The maximum atomic E-state index is 15.7. The molecule has 8 heteroatoms. The van der Waals surface area contributed by atoms with E-state index >= 15 is 4.39 Å². The zero-order valence-corrected chi connectivity index (χ0v) is 14.8. The number of piperidine rings is 1. The summed E-state index contributed by atoms with van der Waals surface area (Å²) in [5.74, 6) is -1.41. The van der Waals surface area contributed by atoms with Gasteiger partial charge in [0.25, 0.3) is 0 Å². The van der Waals surface area contributed by atoms with Crippen LogP contribution < -0.4 is 10.1 Å². The molecule has 1 N–H and O–H groups in total. The van der Waals surface area contributed by atoms with Gasteiger partial charge in [0.15, 0.2) is 0 Å². The monoisotopic (exact) mass is 376 g/mol. The van der Waals surface area contributed by atoms with Gasteiger partial charge in [-0.05, 0) is 32.9 Å². The molecule has 3 aromatic rings. The third kappa shape index (κ3) is 3.25. The molecule has 0 unspecified atom stereocenters. The molecule has 1 saturated heterocycles. The Balaban J connectivity index is 1.90. The SMILES string of the molecule is CCOc1cc2ncc(-c3cc(F)nc(F)c3)n2cc1C1(F)CCNCC1. The van der Waals surface area contributed by atoms with E-state index in [0.717, 1.165) is 12.1 Å². The number of nitrogens with one attached hydrogen (secondary N) is 1. The van der Waals surface area contributed by atoms with Crippen LogP contribution in [0.25, 0.3) is 16.9 Å². The summed E-state index contributed by atoms with van der Waals surface area (Å²) in [4.78, 5) is 7.40. The second-order valence-electron chi connectivity index (χ2n) is 6.57. The molecule has 4 rings (SSSR count). The molecular weight excluding hydrogens is 357 g/mol. The standard InChI is InChI=1S/C19H19F3N4O/c1-2-27-15-9-18-24-10-14(12-7-16(20)25-17(21)8-12)26(18)11-13(15)19(22)3-5-23-6-4-19/h7-11,23H,2-6H2,1H3. The van der Waals surface area contributed by atoms with Crippen molar-refractivity contribution in [3.63, 3.8) is 0 Å². The number of ether oxygens (including phenoxy) is 1. The summed E-state index contributed by atoms with van der Waals surface area (Å²) >= 11 is 0. The van der Waals surface area contributed by atoms with Crippen molar-refractivity contribution in [2.24, 2.45) is 0 Å². The second kappa shape index (κ2) is 6.84. The zero-order chi connectivity index (χ0) is 19.0. The first kappa shape index (κ1) is 17.8.